The molecule has 0 radical (unpaired) electrons. The van der Waals surface area contributed by atoms with Gasteiger partial charge in [0.1, 0.15) is 5.25 Å². The lowest BCUT2D eigenvalue weighted by atomic mass is 10.3. The molecule has 0 spiro atoms. The van der Waals surface area contributed by atoms with E-state index in [1.807, 2.05) is 6.92 Å². The summed E-state index contributed by atoms with van der Waals surface area (Å²) in [7, 11) is -1.38. The molecule has 0 aromatic carbocycles. The van der Waals surface area contributed by atoms with Crippen LogP contribution in [-0.4, -0.2) is 30.3 Å². The Morgan fingerprint density at radius 3 is 2.75 bits per heavy atom. The van der Waals surface area contributed by atoms with Crippen molar-refractivity contribution in [2.45, 2.75) is 37.8 Å². The SMILES string of the molecule is CCC(C(=O)O)S(=O)Cc1cnn(CC)c1. The fourth-order valence-electron chi connectivity index (χ4n) is 1.39. The molecule has 1 N–H and O–H groups in total. The first-order valence-electron chi connectivity index (χ1n) is 5.19. The van der Waals surface area contributed by atoms with Crippen LogP contribution in [0, 0.1) is 0 Å². The van der Waals surface area contributed by atoms with Crippen LogP contribution in [0.3, 0.4) is 0 Å². The van der Waals surface area contributed by atoms with E-state index in [1.54, 1.807) is 24.0 Å². The van der Waals surface area contributed by atoms with E-state index in [2.05, 4.69) is 5.10 Å². The van der Waals surface area contributed by atoms with Gasteiger partial charge in [0.05, 0.1) is 11.9 Å². The summed E-state index contributed by atoms with van der Waals surface area (Å²) in [6.45, 7) is 4.44. The average Bonchev–Trinajstić information content (AvgIpc) is 2.65. The quantitative estimate of drug-likeness (QED) is 0.810. The van der Waals surface area contributed by atoms with Crippen LogP contribution in [0.1, 0.15) is 25.8 Å². The van der Waals surface area contributed by atoms with Gasteiger partial charge < -0.3 is 5.11 Å². The van der Waals surface area contributed by atoms with Gasteiger partial charge in [-0.05, 0) is 13.3 Å². The standard InChI is InChI=1S/C10H16N2O3S/c1-3-9(10(13)14)16(15)7-8-5-11-12(4-2)6-8/h5-6,9H,3-4,7H2,1-2H3,(H,13,14). The molecule has 0 aliphatic heterocycles. The van der Waals surface area contributed by atoms with Crippen LogP contribution in [0.4, 0.5) is 0 Å². The predicted molar refractivity (Wildman–Crippen MR) is 61.5 cm³/mol. The van der Waals surface area contributed by atoms with Gasteiger partial charge in [-0.1, -0.05) is 6.92 Å². The maximum absolute atomic E-state index is 11.8. The minimum absolute atomic E-state index is 0.255. The van der Waals surface area contributed by atoms with Crippen molar-refractivity contribution in [2.24, 2.45) is 0 Å². The van der Waals surface area contributed by atoms with E-state index in [4.69, 9.17) is 5.11 Å². The third kappa shape index (κ3) is 3.16. The number of carbonyl (C=O) groups is 1. The minimum atomic E-state index is -1.38. The smallest absolute Gasteiger partial charge is 0.319 e. The zero-order chi connectivity index (χ0) is 12.1. The fourth-order valence-corrected chi connectivity index (χ4v) is 2.67. The lowest BCUT2D eigenvalue weighted by molar-refractivity contribution is -0.136. The first-order valence-corrected chi connectivity index (χ1v) is 6.58. The van der Waals surface area contributed by atoms with E-state index in [1.165, 1.54) is 0 Å². The summed E-state index contributed by atoms with van der Waals surface area (Å²) in [6, 6.07) is 0. The molecule has 0 amide bonds. The molecule has 0 fully saturated rings. The van der Waals surface area contributed by atoms with Crippen LogP contribution in [0.25, 0.3) is 0 Å². The van der Waals surface area contributed by atoms with E-state index in [9.17, 15) is 9.00 Å². The number of carboxylic acid groups (broad SMARTS) is 1. The van der Waals surface area contributed by atoms with E-state index < -0.39 is 22.0 Å². The Balaban J connectivity index is 2.66. The van der Waals surface area contributed by atoms with Crippen LogP contribution < -0.4 is 0 Å². The van der Waals surface area contributed by atoms with Crippen LogP contribution >= 0.6 is 0 Å². The van der Waals surface area contributed by atoms with Gasteiger partial charge in [0, 0.05) is 29.1 Å². The largest absolute Gasteiger partial charge is 0.480 e. The molecule has 0 saturated heterocycles. The molecule has 6 heteroatoms. The zero-order valence-corrected chi connectivity index (χ0v) is 10.2. The van der Waals surface area contributed by atoms with Crippen molar-refractivity contribution < 1.29 is 14.1 Å². The lowest BCUT2D eigenvalue weighted by Gasteiger charge is -2.08. The highest BCUT2D eigenvalue weighted by atomic mass is 32.2. The Labute approximate surface area is 96.9 Å². The lowest BCUT2D eigenvalue weighted by Crippen LogP contribution is -2.25. The number of aryl methyl sites for hydroxylation is 1. The van der Waals surface area contributed by atoms with Crippen LogP contribution in [0.5, 0.6) is 0 Å². The summed E-state index contributed by atoms with van der Waals surface area (Å²) in [5, 5.41) is 12.1. The number of aromatic nitrogens is 2. The summed E-state index contributed by atoms with van der Waals surface area (Å²) < 4.78 is 13.5. The fraction of sp³-hybridized carbons (Fsp3) is 0.600. The topological polar surface area (TPSA) is 72.2 Å². The summed E-state index contributed by atoms with van der Waals surface area (Å²) in [6.07, 6.45) is 3.81. The second-order valence-electron chi connectivity index (χ2n) is 3.46. The second-order valence-corrected chi connectivity index (χ2v) is 5.08. The first-order chi connectivity index (χ1) is 7.58. The Bertz CT molecular complexity index is 389. The minimum Gasteiger partial charge on any atom is -0.480 e. The van der Waals surface area contributed by atoms with Gasteiger partial charge in [-0.3, -0.25) is 13.7 Å². The maximum Gasteiger partial charge on any atom is 0.319 e. The van der Waals surface area contributed by atoms with Crippen molar-refractivity contribution in [3.8, 4) is 0 Å². The number of hydrogen-bond donors (Lipinski definition) is 1. The molecular weight excluding hydrogens is 228 g/mol. The Kier molecular flexibility index (Phi) is 4.67. The number of carboxylic acids is 1. The van der Waals surface area contributed by atoms with Crippen molar-refractivity contribution in [3.63, 3.8) is 0 Å². The molecule has 0 bridgehead atoms. The zero-order valence-electron chi connectivity index (χ0n) is 9.42. The Morgan fingerprint density at radius 2 is 2.31 bits per heavy atom. The molecule has 2 atom stereocenters. The van der Waals surface area contributed by atoms with Crippen LogP contribution in [0.15, 0.2) is 12.4 Å². The third-order valence-electron chi connectivity index (χ3n) is 2.28. The molecule has 2 unspecified atom stereocenters. The summed E-state index contributed by atoms with van der Waals surface area (Å²) in [4.78, 5) is 10.8. The van der Waals surface area contributed by atoms with Crippen molar-refractivity contribution in [1.29, 1.82) is 0 Å². The van der Waals surface area contributed by atoms with Crippen molar-refractivity contribution in [3.05, 3.63) is 18.0 Å². The molecular formula is C10H16N2O3S. The first kappa shape index (κ1) is 12.9. The number of nitrogens with zero attached hydrogens (tertiary/aromatic N) is 2. The Morgan fingerprint density at radius 1 is 1.62 bits per heavy atom. The van der Waals surface area contributed by atoms with Gasteiger partial charge >= 0.3 is 5.97 Å². The predicted octanol–water partition coefficient (Wildman–Crippen LogP) is 1.01. The monoisotopic (exact) mass is 244 g/mol. The van der Waals surface area contributed by atoms with Gasteiger partial charge in [0.25, 0.3) is 0 Å². The van der Waals surface area contributed by atoms with Crippen LogP contribution in [-0.2, 0) is 27.9 Å². The molecule has 90 valence electrons. The van der Waals surface area contributed by atoms with Crippen molar-refractivity contribution in [1.82, 2.24) is 9.78 Å². The van der Waals surface area contributed by atoms with Gasteiger partial charge in [-0.25, -0.2) is 0 Å². The van der Waals surface area contributed by atoms with Gasteiger partial charge in [0.15, 0.2) is 0 Å². The normalized spacial score (nSPS) is 14.6. The molecule has 0 saturated carbocycles. The van der Waals surface area contributed by atoms with Crippen LogP contribution in [0.2, 0.25) is 0 Å². The maximum atomic E-state index is 11.8. The summed E-state index contributed by atoms with van der Waals surface area (Å²) >= 11 is 0. The molecule has 5 nitrogen and oxygen atoms in total. The molecule has 0 aliphatic rings. The molecule has 1 rings (SSSR count). The number of hydrogen-bond acceptors (Lipinski definition) is 3. The number of aliphatic carboxylic acids is 1. The summed E-state index contributed by atoms with van der Waals surface area (Å²) in [5.74, 6) is -0.742. The number of rotatable bonds is 6. The van der Waals surface area contributed by atoms with Crippen molar-refractivity contribution in [2.75, 3.05) is 0 Å². The molecule has 16 heavy (non-hydrogen) atoms. The van der Waals surface area contributed by atoms with E-state index >= 15 is 0 Å². The highest BCUT2D eigenvalue weighted by Gasteiger charge is 2.22. The van der Waals surface area contributed by atoms with E-state index in [0.29, 0.717) is 6.42 Å². The molecule has 1 aromatic heterocycles. The van der Waals surface area contributed by atoms with Gasteiger partial charge in [-0.15, -0.1) is 0 Å². The van der Waals surface area contributed by atoms with E-state index in [-0.39, 0.29) is 5.75 Å². The van der Waals surface area contributed by atoms with E-state index in [0.717, 1.165) is 12.1 Å². The van der Waals surface area contributed by atoms with Crippen molar-refractivity contribution >= 4 is 16.8 Å². The van der Waals surface area contributed by atoms with Gasteiger partial charge in [0.2, 0.25) is 0 Å². The second kappa shape index (κ2) is 5.79. The highest BCUT2D eigenvalue weighted by Crippen LogP contribution is 2.09. The molecule has 1 heterocycles. The third-order valence-corrected chi connectivity index (χ3v) is 4.07. The van der Waals surface area contributed by atoms with Gasteiger partial charge in [-0.2, -0.15) is 5.10 Å². The summed E-state index contributed by atoms with van der Waals surface area (Å²) in [5.41, 5.74) is 0.819. The highest BCUT2D eigenvalue weighted by molar-refractivity contribution is 7.85. The Hall–Kier alpha value is -1.17. The molecule has 1 aromatic rings. The molecule has 0 aliphatic carbocycles. The average molecular weight is 244 g/mol.